The van der Waals surface area contributed by atoms with E-state index in [1.165, 1.54) is 0 Å². The van der Waals surface area contributed by atoms with Crippen LogP contribution < -0.4 is 5.73 Å². The fourth-order valence-corrected chi connectivity index (χ4v) is 2.48. The Morgan fingerprint density at radius 2 is 2.17 bits per heavy atom. The van der Waals surface area contributed by atoms with Crippen LogP contribution in [0.1, 0.15) is 50.5 Å². The zero-order chi connectivity index (χ0) is 13.8. The van der Waals surface area contributed by atoms with E-state index < -0.39 is 0 Å². The van der Waals surface area contributed by atoms with Gasteiger partial charge in [0.2, 0.25) is 0 Å². The Hall–Kier alpha value is -0.680. The second-order valence-electron chi connectivity index (χ2n) is 5.28. The molecule has 0 aliphatic rings. The third-order valence-corrected chi connectivity index (χ3v) is 3.79. The fraction of sp³-hybridized carbons (Fsp3) is 0.692. The summed E-state index contributed by atoms with van der Waals surface area (Å²) in [6.45, 7) is 7.66. The molecule has 1 heterocycles. The number of aryl methyl sites for hydroxylation is 1. The number of halogens is 1. The zero-order valence-corrected chi connectivity index (χ0v) is 13.0. The van der Waals surface area contributed by atoms with Crippen LogP contribution in [0.4, 0.5) is 0 Å². The third-order valence-electron chi connectivity index (χ3n) is 3.21. The molecule has 1 rings (SSSR count). The molecule has 1 aromatic heterocycles. The van der Waals surface area contributed by atoms with Gasteiger partial charge in [-0.25, -0.2) is 0 Å². The zero-order valence-electron chi connectivity index (χ0n) is 11.4. The van der Waals surface area contributed by atoms with Crippen molar-refractivity contribution in [3.63, 3.8) is 0 Å². The van der Waals surface area contributed by atoms with E-state index in [2.05, 4.69) is 34.9 Å². The number of carbonyl (C=O) groups excluding carboxylic acids is 1. The van der Waals surface area contributed by atoms with E-state index in [9.17, 15) is 4.79 Å². The lowest BCUT2D eigenvalue weighted by molar-refractivity contribution is 0.0950. The normalized spacial score (nSPS) is 11.8. The highest BCUT2D eigenvalue weighted by atomic mass is 79.9. The maximum Gasteiger partial charge on any atom is 0.182 e. The number of aromatic nitrogens is 2. The second-order valence-corrected chi connectivity index (χ2v) is 6.14. The van der Waals surface area contributed by atoms with Gasteiger partial charge in [-0.1, -0.05) is 13.8 Å². The first kappa shape index (κ1) is 15.4. The predicted octanol–water partition coefficient (Wildman–Crippen LogP) is 3.00. The number of hydrogen-bond acceptors (Lipinski definition) is 3. The Bertz CT molecular complexity index is 412. The number of carbonyl (C=O) groups is 1. The van der Waals surface area contributed by atoms with Gasteiger partial charge in [0.05, 0.1) is 10.7 Å². The number of ketones is 1. The predicted molar refractivity (Wildman–Crippen MR) is 76.6 cm³/mol. The topological polar surface area (TPSA) is 60.9 Å². The van der Waals surface area contributed by atoms with Crippen LogP contribution in [-0.2, 0) is 6.54 Å². The summed E-state index contributed by atoms with van der Waals surface area (Å²) in [5.74, 6) is 0.145. The molecular weight excluding hydrogens is 294 g/mol. The third kappa shape index (κ3) is 3.92. The number of rotatable bonds is 7. The minimum atomic E-state index is 0.119. The molecule has 0 aliphatic carbocycles. The second kappa shape index (κ2) is 6.48. The van der Waals surface area contributed by atoms with E-state index in [0.717, 1.165) is 17.3 Å². The standard InChI is InChI=1S/C13H22BrN3O/c1-4-17-12(10(14)9-16-17)11(18)5-6-13(2,3)7-8-15/h9H,4-8,15H2,1-3H3. The van der Waals surface area contributed by atoms with Gasteiger partial charge in [0.25, 0.3) is 0 Å². The number of Topliss-reactive ketones (excluding diaryl/α,β-unsaturated/α-hetero) is 1. The summed E-state index contributed by atoms with van der Waals surface area (Å²) in [5, 5.41) is 4.17. The smallest absolute Gasteiger partial charge is 0.182 e. The molecule has 1 aromatic rings. The molecule has 102 valence electrons. The highest BCUT2D eigenvalue weighted by Gasteiger charge is 2.21. The van der Waals surface area contributed by atoms with Gasteiger partial charge < -0.3 is 5.73 Å². The lowest BCUT2D eigenvalue weighted by Crippen LogP contribution is -2.19. The highest BCUT2D eigenvalue weighted by molar-refractivity contribution is 9.10. The van der Waals surface area contributed by atoms with Crippen LogP contribution in [0.15, 0.2) is 10.7 Å². The van der Waals surface area contributed by atoms with Gasteiger partial charge in [0.15, 0.2) is 5.78 Å². The molecule has 0 aromatic carbocycles. The van der Waals surface area contributed by atoms with Crippen molar-refractivity contribution >= 4 is 21.7 Å². The minimum Gasteiger partial charge on any atom is -0.330 e. The molecule has 2 N–H and O–H groups in total. The van der Waals surface area contributed by atoms with Crippen LogP contribution in [-0.4, -0.2) is 22.1 Å². The average molecular weight is 316 g/mol. The van der Waals surface area contributed by atoms with Gasteiger partial charge in [-0.05, 0) is 47.7 Å². The summed E-state index contributed by atoms with van der Waals surface area (Å²) in [7, 11) is 0. The summed E-state index contributed by atoms with van der Waals surface area (Å²) in [5.41, 5.74) is 6.38. The maximum atomic E-state index is 12.2. The first-order chi connectivity index (χ1) is 8.41. The van der Waals surface area contributed by atoms with Gasteiger partial charge in [-0.2, -0.15) is 5.10 Å². The van der Waals surface area contributed by atoms with E-state index in [4.69, 9.17) is 5.73 Å². The van der Waals surface area contributed by atoms with Crippen LogP contribution in [0, 0.1) is 5.41 Å². The van der Waals surface area contributed by atoms with Crippen LogP contribution in [0.5, 0.6) is 0 Å². The lowest BCUT2D eigenvalue weighted by atomic mass is 9.83. The minimum absolute atomic E-state index is 0.119. The van der Waals surface area contributed by atoms with Crippen LogP contribution in [0.3, 0.4) is 0 Å². The molecule has 0 fully saturated rings. The number of nitrogens with two attached hydrogens (primary N) is 1. The largest absolute Gasteiger partial charge is 0.330 e. The van der Waals surface area contributed by atoms with Gasteiger partial charge in [-0.15, -0.1) is 0 Å². The van der Waals surface area contributed by atoms with Crippen molar-refractivity contribution in [1.82, 2.24) is 9.78 Å². The maximum absolute atomic E-state index is 12.2. The van der Waals surface area contributed by atoms with Crippen molar-refractivity contribution in [3.05, 3.63) is 16.4 Å². The molecule has 0 radical (unpaired) electrons. The van der Waals surface area contributed by atoms with Gasteiger partial charge in [0, 0.05) is 13.0 Å². The van der Waals surface area contributed by atoms with Gasteiger partial charge in [-0.3, -0.25) is 9.48 Å². The van der Waals surface area contributed by atoms with Crippen LogP contribution in [0.25, 0.3) is 0 Å². The summed E-state index contributed by atoms with van der Waals surface area (Å²) < 4.78 is 2.52. The molecule has 4 nitrogen and oxygen atoms in total. The molecule has 0 unspecified atom stereocenters. The Labute approximate surface area is 117 Å². The van der Waals surface area contributed by atoms with Crippen molar-refractivity contribution in [1.29, 1.82) is 0 Å². The van der Waals surface area contributed by atoms with Gasteiger partial charge >= 0.3 is 0 Å². The highest BCUT2D eigenvalue weighted by Crippen LogP contribution is 2.28. The number of nitrogens with zero attached hydrogens (tertiary/aromatic N) is 2. The molecule has 0 amide bonds. The molecular formula is C13H22BrN3O. The summed E-state index contributed by atoms with van der Waals surface area (Å²) in [6.07, 6.45) is 4.01. The fourth-order valence-electron chi connectivity index (χ4n) is 1.97. The van der Waals surface area contributed by atoms with Crippen molar-refractivity contribution < 1.29 is 4.79 Å². The van der Waals surface area contributed by atoms with Crippen molar-refractivity contribution in [2.45, 2.75) is 46.6 Å². The van der Waals surface area contributed by atoms with Crippen LogP contribution >= 0.6 is 15.9 Å². The number of hydrogen-bond donors (Lipinski definition) is 1. The summed E-state index contributed by atoms with van der Waals surface area (Å²) in [6, 6.07) is 0. The Balaban J connectivity index is 2.68. The Morgan fingerprint density at radius 1 is 1.50 bits per heavy atom. The van der Waals surface area contributed by atoms with E-state index in [0.29, 0.717) is 25.2 Å². The molecule has 5 heteroatoms. The molecule has 0 spiro atoms. The Kier molecular flexibility index (Phi) is 5.53. The van der Waals surface area contributed by atoms with E-state index in [1.54, 1.807) is 10.9 Å². The average Bonchev–Trinajstić information content (AvgIpc) is 2.67. The lowest BCUT2D eigenvalue weighted by Gasteiger charge is -2.23. The summed E-state index contributed by atoms with van der Waals surface area (Å²) in [4.78, 5) is 12.2. The molecule has 0 bridgehead atoms. The van der Waals surface area contributed by atoms with Crippen molar-refractivity contribution in [2.75, 3.05) is 6.54 Å². The van der Waals surface area contributed by atoms with Gasteiger partial charge in [0.1, 0.15) is 5.69 Å². The quantitative estimate of drug-likeness (QED) is 0.787. The SMILES string of the molecule is CCn1ncc(Br)c1C(=O)CCC(C)(C)CCN. The van der Waals surface area contributed by atoms with E-state index >= 15 is 0 Å². The first-order valence-electron chi connectivity index (χ1n) is 6.36. The first-order valence-corrected chi connectivity index (χ1v) is 7.15. The summed E-state index contributed by atoms with van der Waals surface area (Å²) >= 11 is 3.39. The van der Waals surface area contributed by atoms with Crippen molar-refractivity contribution in [2.24, 2.45) is 11.1 Å². The molecule has 0 atom stereocenters. The molecule has 0 aliphatic heterocycles. The Morgan fingerprint density at radius 3 is 2.72 bits per heavy atom. The molecule has 0 saturated carbocycles. The molecule has 18 heavy (non-hydrogen) atoms. The van der Waals surface area contributed by atoms with Crippen molar-refractivity contribution in [3.8, 4) is 0 Å². The van der Waals surface area contributed by atoms with Crippen LogP contribution in [0.2, 0.25) is 0 Å². The molecule has 0 saturated heterocycles. The van der Waals surface area contributed by atoms with E-state index in [-0.39, 0.29) is 11.2 Å². The van der Waals surface area contributed by atoms with E-state index in [1.807, 2.05) is 6.92 Å². The monoisotopic (exact) mass is 315 g/mol.